The molecule has 1 saturated carbocycles. The molecule has 1 saturated heterocycles. The number of carbonyl (C=O) groups is 1. The summed E-state index contributed by atoms with van der Waals surface area (Å²) in [7, 11) is 1.94. The van der Waals surface area contributed by atoms with Gasteiger partial charge in [-0.2, -0.15) is 0 Å². The van der Waals surface area contributed by atoms with Crippen molar-refractivity contribution < 1.29 is 4.79 Å². The molecule has 0 aromatic heterocycles. The highest BCUT2D eigenvalue weighted by molar-refractivity contribution is 5.83. The summed E-state index contributed by atoms with van der Waals surface area (Å²) in [6, 6.07) is 10.8. The Labute approximate surface area is 102 Å². The predicted octanol–water partition coefficient (Wildman–Crippen LogP) is 1.22. The van der Waals surface area contributed by atoms with Crippen LogP contribution in [0.4, 0.5) is 0 Å². The number of nitrogens with zero attached hydrogens (tertiary/aromatic N) is 1. The van der Waals surface area contributed by atoms with Gasteiger partial charge in [-0.15, -0.1) is 0 Å². The number of rotatable bonds is 3. The van der Waals surface area contributed by atoms with Gasteiger partial charge >= 0.3 is 0 Å². The molecule has 1 heterocycles. The molecule has 2 fully saturated rings. The Morgan fingerprint density at radius 1 is 1.29 bits per heavy atom. The second-order valence-corrected chi connectivity index (χ2v) is 5.12. The third-order valence-corrected chi connectivity index (χ3v) is 3.99. The first kappa shape index (κ1) is 10.8. The third-order valence-electron chi connectivity index (χ3n) is 3.99. The van der Waals surface area contributed by atoms with Crippen molar-refractivity contribution in [1.82, 2.24) is 10.2 Å². The van der Waals surface area contributed by atoms with Crippen molar-refractivity contribution >= 4 is 5.91 Å². The van der Waals surface area contributed by atoms with Crippen molar-refractivity contribution in [3.63, 3.8) is 0 Å². The van der Waals surface area contributed by atoms with Gasteiger partial charge in [0, 0.05) is 26.1 Å². The maximum atomic E-state index is 12.2. The van der Waals surface area contributed by atoms with E-state index in [1.54, 1.807) is 0 Å². The van der Waals surface area contributed by atoms with Gasteiger partial charge in [0.2, 0.25) is 5.91 Å². The van der Waals surface area contributed by atoms with Crippen molar-refractivity contribution in [2.45, 2.75) is 18.4 Å². The Morgan fingerprint density at radius 3 is 2.59 bits per heavy atom. The van der Waals surface area contributed by atoms with Crippen molar-refractivity contribution in [2.75, 3.05) is 20.1 Å². The van der Waals surface area contributed by atoms with E-state index in [-0.39, 0.29) is 5.92 Å². The summed E-state index contributed by atoms with van der Waals surface area (Å²) in [6.45, 7) is 1.90. The molecule has 2 unspecified atom stereocenters. The third kappa shape index (κ3) is 1.95. The zero-order valence-corrected chi connectivity index (χ0v) is 10.1. The Kier molecular flexibility index (Phi) is 2.63. The lowest BCUT2D eigenvalue weighted by atomic mass is 10.1. The molecule has 1 aliphatic heterocycles. The second-order valence-electron chi connectivity index (χ2n) is 5.12. The van der Waals surface area contributed by atoms with Crippen LogP contribution in [0.25, 0.3) is 0 Å². The van der Waals surface area contributed by atoms with E-state index in [0.717, 1.165) is 19.5 Å². The zero-order chi connectivity index (χ0) is 11.8. The molecule has 3 heteroatoms. The standard InChI is InChI=1S/C14H18N2O/c1-16(11-8-15-9-11)14(17)13-7-12(13)10-5-3-2-4-6-10/h2-6,11-13,15H,7-9H2,1H3. The molecule has 0 spiro atoms. The average Bonchev–Trinajstić information content (AvgIpc) is 3.07. The second kappa shape index (κ2) is 4.15. The molecule has 3 rings (SSSR count). The van der Waals surface area contributed by atoms with Gasteiger partial charge in [0.1, 0.15) is 0 Å². The minimum absolute atomic E-state index is 0.225. The van der Waals surface area contributed by atoms with Crippen molar-refractivity contribution in [1.29, 1.82) is 0 Å². The lowest BCUT2D eigenvalue weighted by Gasteiger charge is -2.35. The highest BCUT2D eigenvalue weighted by atomic mass is 16.2. The van der Waals surface area contributed by atoms with Crippen LogP contribution in [0.5, 0.6) is 0 Å². The molecule has 0 bridgehead atoms. The summed E-state index contributed by atoms with van der Waals surface area (Å²) in [5.41, 5.74) is 1.31. The Hall–Kier alpha value is -1.35. The van der Waals surface area contributed by atoms with Crippen LogP contribution in [-0.4, -0.2) is 37.0 Å². The molecule has 1 aromatic carbocycles. The predicted molar refractivity (Wildman–Crippen MR) is 66.7 cm³/mol. The Bertz CT molecular complexity index is 413. The quantitative estimate of drug-likeness (QED) is 0.847. The molecule has 1 aromatic rings. The Morgan fingerprint density at radius 2 is 2.00 bits per heavy atom. The SMILES string of the molecule is CN(C(=O)C1CC1c1ccccc1)C1CNC1. The van der Waals surface area contributed by atoms with E-state index in [1.807, 2.05) is 18.0 Å². The number of carbonyl (C=O) groups excluding carboxylic acids is 1. The minimum atomic E-state index is 0.225. The zero-order valence-electron chi connectivity index (χ0n) is 10.1. The van der Waals surface area contributed by atoms with E-state index in [0.29, 0.717) is 17.9 Å². The van der Waals surface area contributed by atoms with Crippen LogP contribution in [0.1, 0.15) is 17.9 Å². The van der Waals surface area contributed by atoms with Crippen LogP contribution < -0.4 is 5.32 Å². The molecule has 3 nitrogen and oxygen atoms in total. The van der Waals surface area contributed by atoms with E-state index in [2.05, 4.69) is 29.6 Å². The fourth-order valence-corrected chi connectivity index (χ4v) is 2.53. The normalized spacial score (nSPS) is 27.4. The monoisotopic (exact) mass is 230 g/mol. The largest absolute Gasteiger partial charge is 0.340 e. The van der Waals surface area contributed by atoms with Gasteiger partial charge < -0.3 is 10.2 Å². The van der Waals surface area contributed by atoms with Crippen LogP contribution in [0, 0.1) is 5.92 Å². The van der Waals surface area contributed by atoms with Crippen LogP contribution in [0.15, 0.2) is 30.3 Å². The molecule has 1 aliphatic carbocycles. The van der Waals surface area contributed by atoms with Crippen LogP contribution >= 0.6 is 0 Å². The minimum Gasteiger partial charge on any atom is -0.340 e. The summed E-state index contributed by atoms with van der Waals surface area (Å²) in [4.78, 5) is 14.2. The van der Waals surface area contributed by atoms with E-state index >= 15 is 0 Å². The van der Waals surface area contributed by atoms with Gasteiger partial charge in [-0.05, 0) is 17.9 Å². The van der Waals surface area contributed by atoms with Gasteiger partial charge in [0.25, 0.3) is 0 Å². The average molecular weight is 230 g/mol. The first-order valence-corrected chi connectivity index (χ1v) is 6.29. The molecule has 17 heavy (non-hydrogen) atoms. The highest BCUT2D eigenvalue weighted by Gasteiger charge is 2.46. The highest BCUT2D eigenvalue weighted by Crippen LogP contribution is 2.48. The van der Waals surface area contributed by atoms with E-state index < -0.39 is 0 Å². The first-order chi connectivity index (χ1) is 8.27. The number of benzene rings is 1. The number of hydrogen-bond acceptors (Lipinski definition) is 2. The number of likely N-dealkylation sites (N-methyl/N-ethyl adjacent to an activating group) is 1. The van der Waals surface area contributed by atoms with Crippen molar-refractivity contribution in [3.05, 3.63) is 35.9 Å². The fourth-order valence-electron chi connectivity index (χ4n) is 2.53. The summed E-state index contributed by atoms with van der Waals surface area (Å²) in [5, 5.41) is 3.21. The molecular weight excluding hydrogens is 212 g/mol. The van der Waals surface area contributed by atoms with E-state index in [9.17, 15) is 4.79 Å². The molecule has 90 valence electrons. The van der Waals surface area contributed by atoms with E-state index in [1.165, 1.54) is 5.56 Å². The smallest absolute Gasteiger partial charge is 0.226 e. The lowest BCUT2D eigenvalue weighted by molar-refractivity contribution is -0.134. The molecule has 2 aliphatic rings. The van der Waals surface area contributed by atoms with Gasteiger partial charge in [-0.25, -0.2) is 0 Å². The summed E-state index contributed by atoms with van der Waals surface area (Å²) < 4.78 is 0. The number of amides is 1. The molecule has 1 amide bonds. The maximum absolute atomic E-state index is 12.2. The fraction of sp³-hybridized carbons (Fsp3) is 0.500. The first-order valence-electron chi connectivity index (χ1n) is 6.29. The topological polar surface area (TPSA) is 32.3 Å². The molecule has 1 N–H and O–H groups in total. The number of hydrogen-bond donors (Lipinski definition) is 1. The summed E-state index contributed by atoms with van der Waals surface area (Å²) in [5.74, 6) is 1.01. The van der Waals surface area contributed by atoms with Crippen LogP contribution in [0.3, 0.4) is 0 Å². The van der Waals surface area contributed by atoms with Crippen molar-refractivity contribution in [3.8, 4) is 0 Å². The number of nitrogens with one attached hydrogen (secondary N) is 1. The lowest BCUT2D eigenvalue weighted by Crippen LogP contribution is -2.57. The van der Waals surface area contributed by atoms with Crippen molar-refractivity contribution in [2.24, 2.45) is 5.92 Å². The Balaban J connectivity index is 1.62. The summed E-state index contributed by atoms with van der Waals surface area (Å²) in [6.07, 6.45) is 1.02. The van der Waals surface area contributed by atoms with Gasteiger partial charge in [0.15, 0.2) is 0 Å². The molecule has 2 atom stereocenters. The molecular formula is C14H18N2O. The van der Waals surface area contributed by atoms with Gasteiger partial charge in [-0.1, -0.05) is 30.3 Å². The van der Waals surface area contributed by atoms with Gasteiger partial charge in [0.05, 0.1) is 6.04 Å². The van der Waals surface area contributed by atoms with Crippen LogP contribution in [0.2, 0.25) is 0 Å². The van der Waals surface area contributed by atoms with Crippen LogP contribution in [-0.2, 0) is 4.79 Å². The summed E-state index contributed by atoms with van der Waals surface area (Å²) >= 11 is 0. The van der Waals surface area contributed by atoms with E-state index in [4.69, 9.17) is 0 Å². The maximum Gasteiger partial charge on any atom is 0.226 e. The molecule has 0 radical (unpaired) electrons. The van der Waals surface area contributed by atoms with Gasteiger partial charge in [-0.3, -0.25) is 4.79 Å².